The summed E-state index contributed by atoms with van der Waals surface area (Å²) >= 11 is 0. The second-order valence-electron chi connectivity index (χ2n) is 4.84. The van der Waals surface area contributed by atoms with Gasteiger partial charge in [-0.15, -0.1) is 0 Å². The summed E-state index contributed by atoms with van der Waals surface area (Å²) in [6.45, 7) is 4.34. The molecule has 5 heteroatoms. The van der Waals surface area contributed by atoms with Crippen LogP contribution >= 0.6 is 0 Å². The number of anilines is 2. The van der Waals surface area contributed by atoms with Crippen molar-refractivity contribution in [3.63, 3.8) is 0 Å². The van der Waals surface area contributed by atoms with E-state index in [1.54, 1.807) is 13.1 Å². The predicted octanol–water partition coefficient (Wildman–Crippen LogP) is 1.02. The van der Waals surface area contributed by atoms with Gasteiger partial charge in [0, 0.05) is 32.8 Å². The van der Waals surface area contributed by atoms with E-state index in [1.165, 1.54) is 0 Å². The SMILES string of the molecule is CC(=O)NCC1CCN(c2cncc(N)c2)CC1. The van der Waals surface area contributed by atoms with Crippen molar-refractivity contribution in [3.8, 4) is 0 Å². The fraction of sp³-hybridized carbons (Fsp3) is 0.538. The van der Waals surface area contributed by atoms with E-state index in [1.807, 2.05) is 12.3 Å². The normalized spacial score (nSPS) is 16.6. The molecule has 0 saturated carbocycles. The summed E-state index contributed by atoms with van der Waals surface area (Å²) in [5, 5.41) is 2.89. The van der Waals surface area contributed by atoms with Gasteiger partial charge in [-0.05, 0) is 24.8 Å². The summed E-state index contributed by atoms with van der Waals surface area (Å²) < 4.78 is 0. The van der Waals surface area contributed by atoms with Crippen molar-refractivity contribution in [2.24, 2.45) is 5.92 Å². The largest absolute Gasteiger partial charge is 0.397 e. The molecule has 1 aromatic rings. The number of carbonyl (C=O) groups excluding carboxylic acids is 1. The number of nitrogens with one attached hydrogen (secondary N) is 1. The van der Waals surface area contributed by atoms with E-state index in [-0.39, 0.29) is 5.91 Å². The molecule has 1 fully saturated rings. The van der Waals surface area contributed by atoms with Crippen LogP contribution in [0.4, 0.5) is 11.4 Å². The van der Waals surface area contributed by atoms with Crippen molar-refractivity contribution in [1.29, 1.82) is 0 Å². The molecule has 2 heterocycles. The highest BCUT2D eigenvalue weighted by atomic mass is 16.1. The molecular formula is C13H20N4O. The quantitative estimate of drug-likeness (QED) is 0.837. The lowest BCUT2D eigenvalue weighted by Crippen LogP contribution is -2.38. The van der Waals surface area contributed by atoms with Crippen LogP contribution < -0.4 is 16.0 Å². The first-order valence-electron chi connectivity index (χ1n) is 6.35. The zero-order valence-corrected chi connectivity index (χ0v) is 10.7. The number of aromatic nitrogens is 1. The summed E-state index contributed by atoms with van der Waals surface area (Å²) in [5.41, 5.74) is 7.53. The van der Waals surface area contributed by atoms with Gasteiger partial charge in [-0.3, -0.25) is 9.78 Å². The molecule has 1 aliphatic heterocycles. The van der Waals surface area contributed by atoms with E-state index in [2.05, 4.69) is 15.2 Å². The summed E-state index contributed by atoms with van der Waals surface area (Å²) in [6.07, 6.45) is 5.70. The van der Waals surface area contributed by atoms with Crippen LogP contribution in [0.25, 0.3) is 0 Å². The maximum Gasteiger partial charge on any atom is 0.216 e. The first kappa shape index (κ1) is 12.7. The zero-order chi connectivity index (χ0) is 13.0. The average molecular weight is 248 g/mol. The number of nitrogens with two attached hydrogens (primary N) is 1. The maximum absolute atomic E-state index is 10.9. The Labute approximate surface area is 107 Å². The van der Waals surface area contributed by atoms with Crippen LogP contribution in [-0.2, 0) is 4.79 Å². The first-order valence-corrected chi connectivity index (χ1v) is 6.35. The van der Waals surface area contributed by atoms with Crippen molar-refractivity contribution >= 4 is 17.3 Å². The van der Waals surface area contributed by atoms with Crippen molar-refractivity contribution < 1.29 is 4.79 Å². The standard InChI is InChI=1S/C13H20N4O/c1-10(18)16-7-11-2-4-17(5-3-11)13-6-12(14)8-15-9-13/h6,8-9,11H,2-5,7,14H2,1H3,(H,16,18). The van der Waals surface area contributed by atoms with Crippen LogP contribution in [0, 0.1) is 5.92 Å². The molecule has 1 saturated heterocycles. The first-order chi connectivity index (χ1) is 8.65. The molecule has 0 aromatic carbocycles. The number of hydrogen-bond acceptors (Lipinski definition) is 4. The molecule has 1 aliphatic rings. The van der Waals surface area contributed by atoms with Crippen molar-refractivity contribution in [1.82, 2.24) is 10.3 Å². The molecule has 2 rings (SSSR count). The fourth-order valence-electron chi connectivity index (χ4n) is 2.30. The number of nitrogens with zero attached hydrogens (tertiary/aromatic N) is 2. The van der Waals surface area contributed by atoms with Gasteiger partial charge in [-0.1, -0.05) is 0 Å². The van der Waals surface area contributed by atoms with Gasteiger partial charge in [-0.25, -0.2) is 0 Å². The van der Waals surface area contributed by atoms with E-state index < -0.39 is 0 Å². The molecule has 1 amide bonds. The molecule has 5 nitrogen and oxygen atoms in total. The molecular weight excluding hydrogens is 228 g/mol. The van der Waals surface area contributed by atoms with Gasteiger partial charge in [0.2, 0.25) is 5.91 Å². The molecule has 18 heavy (non-hydrogen) atoms. The Hall–Kier alpha value is -1.78. The second-order valence-corrected chi connectivity index (χ2v) is 4.84. The predicted molar refractivity (Wildman–Crippen MR) is 72.3 cm³/mol. The fourth-order valence-corrected chi connectivity index (χ4v) is 2.30. The number of hydrogen-bond donors (Lipinski definition) is 2. The topological polar surface area (TPSA) is 71.2 Å². The van der Waals surface area contributed by atoms with Crippen LogP contribution in [0.5, 0.6) is 0 Å². The Morgan fingerprint density at radius 3 is 2.83 bits per heavy atom. The molecule has 0 atom stereocenters. The minimum atomic E-state index is 0.0532. The molecule has 0 aliphatic carbocycles. The van der Waals surface area contributed by atoms with Gasteiger partial charge in [0.05, 0.1) is 17.6 Å². The van der Waals surface area contributed by atoms with Crippen LogP contribution in [0.1, 0.15) is 19.8 Å². The highest BCUT2D eigenvalue weighted by Crippen LogP contribution is 2.23. The van der Waals surface area contributed by atoms with Crippen LogP contribution in [0.2, 0.25) is 0 Å². The van der Waals surface area contributed by atoms with Crippen molar-refractivity contribution in [3.05, 3.63) is 18.5 Å². The average Bonchev–Trinajstić information content (AvgIpc) is 2.37. The lowest BCUT2D eigenvalue weighted by Gasteiger charge is -2.33. The number of amides is 1. The lowest BCUT2D eigenvalue weighted by molar-refractivity contribution is -0.119. The van der Waals surface area contributed by atoms with Gasteiger partial charge in [-0.2, -0.15) is 0 Å². The summed E-state index contributed by atoms with van der Waals surface area (Å²) in [7, 11) is 0. The summed E-state index contributed by atoms with van der Waals surface area (Å²) in [4.78, 5) is 17.3. The minimum Gasteiger partial charge on any atom is -0.397 e. The van der Waals surface area contributed by atoms with E-state index in [0.717, 1.165) is 38.2 Å². The number of nitrogen functional groups attached to an aromatic ring is 1. The zero-order valence-electron chi connectivity index (χ0n) is 10.7. The molecule has 98 valence electrons. The van der Waals surface area contributed by atoms with Crippen LogP contribution in [0.15, 0.2) is 18.5 Å². The van der Waals surface area contributed by atoms with Crippen LogP contribution in [0.3, 0.4) is 0 Å². The third kappa shape index (κ3) is 3.35. The third-order valence-corrected chi connectivity index (χ3v) is 3.36. The summed E-state index contributed by atoms with van der Waals surface area (Å²) in [5.74, 6) is 0.636. The van der Waals surface area contributed by atoms with Gasteiger partial charge in [0.15, 0.2) is 0 Å². The maximum atomic E-state index is 10.9. The van der Waals surface area contributed by atoms with E-state index >= 15 is 0 Å². The molecule has 0 spiro atoms. The molecule has 0 unspecified atom stereocenters. The van der Waals surface area contributed by atoms with Gasteiger partial charge < -0.3 is 16.0 Å². The van der Waals surface area contributed by atoms with Crippen molar-refractivity contribution in [2.75, 3.05) is 30.3 Å². The molecule has 0 bridgehead atoms. The Kier molecular flexibility index (Phi) is 4.02. The monoisotopic (exact) mass is 248 g/mol. The van der Waals surface area contributed by atoms with Gasteiger partial charge >= 0.3 is 0 Å². The minimum absolute atomic E-state index is 0.0532. The second kappa shape index (κ2) is 5.71. The number of pyridine rings is 1. The Balaban J connectivity index is 1.85. The van der Waals surface area contributed by atoms with Crippen molar-refractivity contribution in [2.45, 2.75) is 19.8 Å². The number of carbonyl (C=O) groups is 1. The van der Waals surface area contributed by atoms with Crippen LogP contribution in [-0.4, -0.2) is 30.5 Å². The van der Waals surface area contributed by atoms with E-state index in [4.69, 9.17) is 5.73 Å². The number of piperidine rings is 1. The van der Waals surface area contributed by atoms with E-state index in [9.17, 15) is 4.79 Å². The Bertz CT molecular complexity index is 413. The third-order valence-electron chi connectivity index (χ3n) is 3.36. The lowest BCUT2D eigenvalue weighted by atomic mass is 9.96. The smallest absolute Gasteiger partial charge is 0.216 e. The molecule has 0 radical (unpaired) electrons. The number of rotatable bonds is 3. The van der Waals surface area contributed by atoms with E-state index in [0.29, 0.717) is 11.6 Å². The highest BCUT2D eigenvalue weighted by molar-refractivity contribution is 5.72. The van der Waals surface area contributed by atoms with Gasteiger partial charge in [0.1, 0.15) is 0 Å². The highest BCUT2D eigenvalue weighted by Gasteiger charge is 2.19. The summed E-state index contributed by atoms with van der Waals surface area (Å²) in [6, 6.07) is 1.96. The molecule has 3 N–H and O–H groups in total. The van der Waals surface area contributed by atoms with Gasteiger partial charge in [0.25, 0.3) is 0 Å². The Morgan fingerprint density at radius 2 is 2.22 bits per heavy atom. The Morgan fingerprint density at radius 1 is 1.50 bits per heavy atom. The molecule has 1 aromatic heterocycles.